The summed E-state index contributed by atoms with van der Waals surface area (Å²) in [4.78, 5) is 21.5. The largest absolute Gasteiger partial charge is 0.356 e. The Morgan fingerprint density at radius 1 is 1.36 bits per heavy atom. The first-order valence-electron chi connectivity index (χ1n) is 7.75. The van der Waals surface area contributed by atoms with Gasteiger partial charge in [-0.05, 0) is 33.1 Å². The van der Waals surface area contributed by atoms with Crippen LogP contribution in [0.15, 0.2) is 4.99 Å². The zero-order valence-corrected chi connectivity index (χ0v) is 14.3. The second kappa shape index (κ2) is 8.12. The van der Waals surface area contributed by atoms with Gasteiger partial charge in [0.15, 0.2) is 5.96 Å². The number of aryl methyl sites for hydroxylation is 2. The lowest BCUT2D eigenvalue weighted by Crippen LogP contribution is -2.37. The fourth-order valence-corrected chi connectivity index (χ4v) is 2.85. The minimum absolute atomic E-state index is 0.154. The van der Waals surface area contributed by atoms with Gasteiger partial charge in [0.1, 0.15) is 5.01 Å². The van der Waals surface area contributed by atoms with Crippen LogP contribution in [0.4, 0.5) is 0 Å². The highest BCUT2D eigenvalue weighted by atomic mass is 32.1. The van der Waals surface area contributed by atoms with E-state index in [0.717, 1.165) is 42.5 Å². The highest BCUT2D eigenvalue weighted by Crippen LogP contribution is 2.18. The molecule has 1 fully saturated rings. The van der Waals surface area contributed by atoms with E-state index in [9.17, 15) is 4.79 Å². The number of thiazole rings is 1. The highest BCUT2D eigenvalue weighted by molar-refractivity contribution is 7.11. The van der Waals surface area contributed by atoms with E-state index in [0.29, 0.717) is 19.0 Å². The number of nitrogens with zero attached hydrogens (tertiary/aromatic N) is 2. The zero-order chi connectivity index (χ0) is 15.9. The summed E-state index contributed by atoms with van der Waals surface area (Å²) < 4.78 is 0. The molecule has 2 rings (SSSR count). The van der Waals surface area contributed by atoms with Gasteiger partial charge >= 0.3 is 0 Å². The van der Waals surface area contributed by atoms with Crippen molar-refractivity contribution in [3.8, 4) is 0 Å². The third-order valence-corrected chi connectivity index (χ3v) is 4.59. The summed E-state index contributed by atoms with van der Waals surface area (Å²) in [5, 5.41) is 10.5. The van der Waals surface area contributed by atoms with Crippen molar-refractivity contribution >= 4 is 23.2 Å². The fraction of sp³-hybridized carbons (Fsp3) is 0.667. The van der Waals surface area contributed by atoms with Crippen molar-refractivity contribution < 1.29 is 4.79 Å². The van der Waals surface area contributed by atoms with E-state index in [2.05, 4.69) is 32.9 Å². The Bertz CT molecular complexity index is 517. The molecule has 0 atom stereocenters. The molecule has 1 aliphatic rings. The Morgan fingerprint density at radius 3 is 2.73 bits per heavy atom. The Balaban J connectivity index is 1.61. The molecule has 0 aliphatic heterocycles. The summed E-state index contributed by atoms with van der Waals surface area (Å²) >= 11 is 1.70. The van der Waals surface area contributed by atoms with Gasteiger partial charge in [0, 0.05) is 30.9 Å². The van der Waals surface area contributed by atoms with Crippen molar-refractivity contribution in [2.24, 2.45) is 4.99 Å². The van der Waals surface area contributed by atoms with Crippen LogP contribution < -0.4 is 16.0 Å². The van der Waals surface area contributed by atoms with Crippen molar-refractivity contribution in [3.63, 3.8) is 0 Å². The summed E-state index contributed by atoms with van der Waals surface area (Å²) in [5.74, 6) is 0.897. The lowest BCUT2D eigenvalue weighted by molar-refractivity contribution is -0.121. The molecule has 0 radical (unpaired) electrons. The Labute approximate surface area is 135 Å². The smallest absolute Gasteiger partial charge is 0.220 e. The molecule has 1 heterocycles. The number of hydrogen-bond acceptors (Lipinski definition) is 4. The lowest BCUT2D eigenvalue weighted by Gasteiger charge is -2.10. The van der Waals surface area contributed by atoms with Gasteiger partial charge in [0.25, 0.3) is 0 Å². The first kappa shape index (κ1) is 16.7. The van der Waals surface area contributed by atoms with Crippen LogP contribution in [0.3, 0.4) is 0 Å². The maximum atomic E-state index is 11.6. The first-order chi connectivity index (χ1) is 10.6. The average Bonchev–Trinajstić information content (AvgIpc) is 3.23. The van der Waals surface area contributed by atoms with Gasteiger partial charge in [-0.1, -0.05) is 0 Å². The molecular formula is C15H25N5OS. The van der Waals surface area contributed by atoms with Crippen molar-refractivity contribution in [3.05, 3.63) is 15.6 Å². The second-order valence-electron chi connectivity index (χ2n) is 5.55. The molecule has 1 aliphatic carbocycles. The van der Waals surface area contributed by atoms with Crippen LogP contribution in [0, 0.1) is 13.8 Å². The van der Waals surface area contributed by atoms with Crippen LogP contribution in [0.5, 0.6) is 0 Å². The van der Waals surface area contributed by atoms with Crippen LogP contribution in [0.25, 0.3) is 0 Å². The summed E-state index contributed by atoms with van der Waals surface area (Å²) in [6.07, 6.45) is 3.63. The number of nitrogens with one attached hydrogen (secondary N) is 3. The maximum absolute atomic E-state index is 11.6. The number of amides is 1. The molecule has 22 heavy (non-hydrogen) atoms. The summed E-state index contributed by atoms with van der Waals surface area (Å²) in [7, 11) is 1.74. The molecule has 7 heteroatoms. The molecule has 122 valence electrons. The number of aliphatic imine (C=N–C) groups is 1. The van der Waals surface area contributed by atoms with Crippen molar-refractivity contribution in [1.29, 1.82) is 0 Å². The van der Waals surface area contributed by atoms with E-state index in [4.69, 9.17) is 0 Å². The Kier molecular flexibility index (Phi) is 6.18. The van der Waals surface area contributed by atoms with E-state index in [1.54, 1.807) is 18.4 Å². The predicted molar refractivity (Wildman–Crippen MR) is 90.2 cm³/mol. The SMILES string of the molecule is CN=C(NCCCC(=O)NC1CC1)NCc1nc(C)c(C)s1. The number of carbonyl (C=O) groups is 1. The van der Waals surface area contributed by atoms with Gasteiger partial charge in [-0.3, -0.25) is 9.79 Å². The summed E-state index contributed by atoms with van der Waals surface area (Å²) in [6, 6.07) is 0.445. The molecule has 0 unspecified atom stereocenters. The quantitative estimate of drug-likeness (QED) is 0.403. The monoisotopic (exact) mass is 323 g/mol. The molecule has 0 saturated heterocycles. The van der Waals surface area contributed by atoms with Gasteiger partial charge in [-0.15, -0.1) is 11.3 Å². The number of aromatic nitrogens is 1. The lowest BCUT2D eigenvalue weighted by atomic mass is 10.3. The second-order valence-corrected chi connectivity index (χ2v) is 6.83. The van der Waals surface area contributed by atoms with E-state index in [-0.39, 0.29) is 5.91 Å². The molecule has 6 nitrogen and oxygen atoms in total. The molecule has 0 aromatic carbocycles. The number of rotatable bonds is 7. The third-order valence-electron chi connectivity index (χ3n) is 3.52. The van der Waals surface area contributed by atoms with Crippen LogP contribution in [-0.4, -0.2) is 36.5 Å². The number of guanidine groups is 1. The van der Waals surface area contributed by atoms with Gasteiger partial charge in [0.2, 0.25) is 5.91 Å². The predicted octanol–water partition coefficient (Wildman–Crippen LogP) is 1.48. The molecule has 1 saturated carbocycles. The van der Waals surface area contributed by atoms with E-state index in [1.165, 1.54) is 4.88 Å². The average molecular weight is 323 g/mol. The first-order valence-corrected chi connectivity index (χ1v) is 8.57. The number of carbonyl (C=O) groups excluding carboxylic acids is 1. The van der Waals surface area contributed by atoms with Gasteiger partial charge in [-0.25, -0.2) is 4.98 Å². The normalized spacial score (nSPS) is 14.8. The molecule has 1 aromatic rings. The van der Waals surface area contributed by atoms with Gasteiger partial charge in [0.05, 0.1) is 12.2 Å². The van der Waals surface area contributed by atoms with E-state index < -0.39 is 0 Å². The molecular weight excluding hydrogens is 298 g/mol. The zero-order valence-electron chi connectivity index (χ0n) is 13.5. The van der Waals surface area contributed by atoms with Gasteiger partial charge in [-0.2, -0.15) is 0 Å². The van der Waals surface area contributed by atoms with Crippen molar-refractivity contribution in [1.82, 2.24) is 20.9 Å². The molecule has 0 spiro atoms. The Morgan fingerprint density at radius 2 is 2.14 bits per heavy atom. The summed E-state index contributed by atoms with van der Waals surface area (Å²) in [6.45, 7) is 5.50. The van der Waals surface area contributed by atoms with Crippen LogP contribution in [-0.2, 0) is 11.3 Å². The highest BCUT2D eigenvalue weighted by Gasteiger charge is 2.22. The standard InChI is InChI=1S/C15H25N5OS/c1-10-11(2)22-14(19-10)9-18-15(16-3)17-8-4-5-13(21)20-12-6-7-12/h12H,4-9H2,1-3H3,(H,20,21)(H2,16,17,18). The number of hydrogen-bond donors (Lipinski definition) is 3. The van der Waals surface area contributed by atoms with E-state index in [1.807, 2.05) is 6.92 Å². The van der Waals surface area contributed by atoms with Crippen LogP contribution >= 0.6 is 11.3 Å². The van der Waals surface area contributed by atoms with Gasteiger partial charge < -0.3 is 16.0 Å². The van der Waals surface area contributed by atoms with E-state index >= 15 is 0 Å². The van der Waals surface area contributed by atoms with Crippen molar-refractivity contribution in [2.75, 3.05) is 13.6 Å². The Hall–Kier alpha value is -1.63. The molecule has 0 bridgehead atoms. The summed E-state index contributed by atoms with van der Waals surface area (Å²) in [5.41, 5.74) is 1.09. The van der Waals surface area contributed by atoms with Crippen molar-refractivity contribution in [2.45, 2.75) is 52.1 Å². The minimum atomic E-state index is 0.154. The van der Waals surface area contributed by atoms with Crippen LogP contribution in [0.1, 0.15) is 41.3 Å². The third kappa shape index (κ3) is 5.63. The minimum Gasteiger partial charge on any atom is -0.356 e. The fourth-order valence-electron chi connectivity index (χ4n) is 1.98. The molecule has 1 aromatic heterocycles. The topological polar surface area (TPSA) is 78.4 Å². The molecule has 1 amide bonds. The molecule has 3 N–H and O–H groups in total. The van der Waals surface area contributed by atoms with Crippen LogP contribution in [0.2, 0.25) is 0 Å². The maximum Gasteiger partial charge on any atom is 0.220 e.